The number of ether oxygens (including phenoxy) is 1. The fourth-order valence-electron chi connectivity index (χ4n) is 2.16. The Hall–Kier alpha value is -0.900. The Kier molecular flexibility index (Phi) is 8.16. The Bertz CT molecular complexity index is 346. The fourth-order valence-corrected chi connectivity index (χ4v) is 2.16. The van der Waals surface area contributed by atoms with Crippen molar-refractivity contribution in [2.24, 2.45) is 16.7 Å². The van der Waals surface area contributed by atoms with Gasteiger partial charge in [0.25, 0.3) is 0 Å². The summed E-state index contributed by atoms with van der Waals surface area (Å²) in [6, 6.07) is 0. The van der Waals surface area contributed by atoms with Gasteiger partial charge in [-0.05, 0) is 18.3 Å². The summed E-state index contributed by atoms with van der Waals surface area (Å²) >= 11 is 0. The lowest BCUT2D eigenvalue weighted by Gasteiger charge is -2.29. The van der Waals surface area contributed by atoms with Crippen LogP contribution in [0.5, 0.6) is 0 Å². The van der Waals surface area contributed by atoms with Gasteiger partial charge in [-0.3, -0.25) is 4.79 Å². The van der Waals surface area contributed by atoms with Crippen LogP contribution < -0.4 is 5.32 Å². The van der Waals surface area contributed by atoms with Crippen LogP contribution in [0.15, 0.2) is 0 Å². The van der Waals surface area contributed by atoms with E-state index in [-0.39, 0.29) is 22.5 Å². The van der Waals surface area contributed by atoms with Gasteiger partial charge in [0.15, 0.2) is 0 Å². The Balaban J connectivity index is 4.07. The van der Waals surface area contributed by atoms with Gasteiger partial charge in [0.1, 0.15) is 5.78 Å². The molecule has 0 aliphatic rings. The van der Waals surface area contributed by atoms with E-state index in [1.165, 1.54) is 0 Å². The average Bonchev–Trinajstić information content (AvgIpc) is 2.23. The summed E-state index contributed by atoms with van der Waals surface area (Å²) in [5.74, 6) is 0.649. The molecular formula is C17H33NO3. The van der Waals surface area contributed by atoms with Crippen molar-refractivity contribution in [3.63, 3.8) is 0 Å². The first-order valence-corrected chi connectivity index (χ1v) is 7.77. The summed E-state index contributed by atoms with van der Waals surface area (Å²) in [5.41, 5.74) is -0.248. The largest absolute Gasteiger partial charge is 0.380 e. The number of ketones is 1. The van der Waals surface area contributed by atoms with E-state index in [0.29, 0.717) is 38.5 Å². The van der Waals surface area contributed by atoms with Crippen LogP contribution in [0.4, 0.5) is 0 Å². The normalized spacial score (nSPS) is 12.6. The molecule has 0 heterocycles. The standard InChI is InChI=1S/C17H33NO3/c1-13(2)8-15(20)18-10-17(6,7)12-21-11-16(4,5)9-14(3)19/h13H,8-12H2,1-7H3,(H,18,20). The molecule has 0 unspecified atom stereocenters. The third-order valence-corrected chi connectivity index (χ3v) is 3.07. The molecular weight excluding hydrogens is 266 g/mol. The highest BCUT2D eigenvalue weighted by atomic mass is 16.5. The molecule has 0 fully saturated rings. The third kappa shape index (κ3) is 11.4. The maximum atomic E-state index is 11.7. The van der Waals surface area contributed by atoms with Gasteiger partial charge in [0.05, 0.1) is 13.2 Å². The molecule has 0 bridgehead atoms. The molecule has 0 aliphatic heterocycles. The highest BCUT2D eigenvalue weighted by Gasteiger charge is 2.24. The molecule has 0 rings (SSSR count). The summed E-state index contributed by atoms with van der Waals surface area (Å²) in [7, 11) is 0. The molecule has 4 nitrogen and oxygen atoms in total. The average molecular weight is 299 g/mol. The second-order valence-electron chi connectivity index (χ2n) is 8.07. The maximum absolute atomic E-state index is 11.7. The molecule has 0 aliphatic carbocycles. The number of amides is 1. The van der Waals surface area contributed by atoms with E-state index in [2.05, 4.69) is 19.2 Å². The third-order valence-electron chi connectivity index (χ3n) is 3.07. The predicted molar refractivity (Wildman–Crippen MR) is 86.1 cm³/mol. The van der Waals surface area contributed by atoms with E-state index in [1.54, 1.807) is 6.92 Å². The second-order valence-corrected chi connectivity index (χ2v) is 8.07. The van der Waals surface area contributed by atoms with Gasteiger partial charge in [-0.2, -0.15) is 0 Å². The minimum absolute atomic E-state index is 0.0926. The van der Waals surface area contributed by atoms with Crippen molar-refractivity contribution in [1.82, 2.24) is 5.32 Å². The first kappa shape index (κ1) is 20.1. The van der Waals surface area contributed by atoms with Crippen LogP contribution in [-0.2, 0) is 14.3 Å². The second kappa shape index (κ2) is 8.52. The van der Waals surface area contributed by atoms with Gasteiger partial charge in [0, 0.05) is 24.8 Å². The van der Waals surface area contributed by atoms with E-state index in [4.69, 9.17) is 4.74 Å². The van der Waals surface area contributed by atoms with Crippen LogP contribution in [0.2, 0.25) is 0 Å². The zero-order valence-electron chi connectivity index (χ0n) is 14.8. The monoisotopic (exact) mass is 299 g/mol. The van der Waals surface area contributed by atoms with Gasteiger partial charge < -0.3 is 14.8 Å². The summed E-state index contributed by atoms with van der Waals surface area (Å²) < 4.78 is 5.77. The lowest BCUT2D eigenvalue weighted by atomic mass is 9.88. The maximum Gasteiger partial charge on any atom is 0.220 e. The molecule has 124 valence electrons. The molecule has 0 spiro atoms. The first-order chi connectivity index (χ1) is 9.43. The number of carbonyl (C=O) groups is 2. The van der Waals surface area contributed by atoms with Crippen LogP contribution in [0, 0.1) is 16.7 Å². The van der Waals surface area contributed by atoms with Crippen LogP contribution in [0.25, 0.3) is 0 Å². The minimum Gasteiger partial charge on any atom is -0.380 e. The number of rotatable bonds is 10. The van der Waals surface area contributed by atoms with Gasteiger partial charge in [0.2, 0.25) is 5.91 Å². The van der Waals surface area contributed by atoms with Gasteiger partial charge in [-0.25, -0.2) is 0 Å². The van der Waals surface area contributed by atoms with Crippen LogP contribution >= 0.6 is 0 Å². The van der Waals surface area contributed by atoms with Crippen molar-refractivity contribution >= 4 is 11.7 Å². The lowest BCUT2D eigenvalue weighted by molar-refractivity contribution is -0.123. The summed E-state index contributed by atoms with van der Waals surface area (Å²) in [4.78, 5) is 22.8. The Morgan fingerprint density at radius 1 is 1.05 bits per heavy atom. The number of nitrogens with one attached hydrogen (secondary N) is 1. The molecule has 0 aromatic rings. The van der Waals surface area contributed by atoms with Crippen LogP contribution in [0.1, 0.15) is 61.3 Å². The Morgan fingerprint density at radius 3 is 2.05 bits per heavy atom. The smallest absolute Gasteiger partial charge is 0.220 e. The molecule has 1 N–H and O–H groups in total. The van der Waals surface area contributed by atoms with Crippen molar-refractivity contribution in [2.45, 2.75) is 61.3 Å². The van der Waals surface area contributed by atoms with Gasteiger partial charge in [-0.1, -0.05) is 41.5 Å². The number of hydrogen-bond donors (Lipinski definition) is 1. The zero-order valence-corrected chi connectivity index (χ0v) is 14.8. The number of carbonyl (C=O) groups excluding carboxylic acids is 2. The van der Waals surface area contributed by atoms with Crippen molar-refractivity contribution in [2.75, 3.05) is 19.8 Å². The minimum atomic E-state index is -0.136. The molecule has 21 heavy (non-hydrogen) atoms. The SMILES string of the molecule is CC(=O)CC(C)(C)COCC(C)(C)CNC(=O)CC(C)C. The van der Waals surface area contributed by atoms with Crippen molar-refractivity contribution in [1.29, 1.82) is 0 Å². The van der Waals surface area contributed by atoms with E-state index in [9.17, 15) is 9.59 Å². The van der Waals surface area contributed by atoms with E-state index < -0.39 is 0 Å². The predicted octanol–water partition coefficient (Wildman–Crippen LogP) is 3.20. The molecule has 0 atom stereocenters. The quantitative estimate of drug-likeness (QED) is 0.674. The highest BCUT2D eigenvalue weighted by Crippen LogP contribution is 2.23. The highest BCUT2D eigenvalue weighted by molar-refractivity contribution is 5.76. The van der Waals surface area contributed by atoms with E-state index in [0.717, 1.165) is 0 Å². The molecule has 0 saturated carbocycles. The fraction of sp³-hybridized carbons (Fsp3) is 0.882. The van der Waals surface area contributed by atoms with Gasteiger partial charge in [-0.15, -0.1) is 0 Å². The van der Waals surface area contributed by atoms with Crippen molar-refractivity contribution in [3.8, 4) is 0 Å². The number of Topliss-reactive ketones (excluding diaryl/α,β-unsaturated/α-hetero) is 1. The molecule has 4 heteroatoms. The molecule has 1 amide bonds. The first-order valence-electron chi connectivity index (χ1n) is 7.77. The molecule has 0 radical (unpaired) electrons. The van der Waals surface area contributed by atoms with E-state index in [1.807, 2.05) is 27.7 Å². The molecule has 0 aromatic heterocycles. The van der Waals surface area contributed by atoms with Crippen LogP contribution in [0.3, 0.4) is 0 Å². The number of hydrogen-bond acceptors (Lipinski definition) is 3. The van der Waals surface area contributed by atoms with Crippen molar-refractivity contribution in [3.05, 3.63) is 0 Å². The van der Waals surface area contributed by atoms with E-state index >= 15 is 0 Å². The zero-order chi connectivity index (χ0) is 16.7. The topological polar surface area (TPSA) is 55.4 Å². The molecule has 0 aromatic carbocycles. The van der Waals surface area contributed by atoms with Crippen LogP contribution in [-0.4, -0.2) is 31.4 Å². The summed E-state index contributed by atoms with van der Waals surface area (Å²) in [6.07, 6.45) is 1.08. The summed E-state index contributed by atoms with van der Waals surface area (Å²) in [6.45, 7) is 15.6. The van der Waals surface area contributed by atoms with Gasteiger partial charge >= 0.3 is 0 Å². The molecule has 0 saturated heterocycles. The lowest BCUT2D eigenvalue weighted by Crippen LogP contribution is -2.38. The van der Waals surface area contributed by atoms with Crippen molar-refractivity contribution < 1.29 is 14.3 Å². The summed E-state index contributed by atoms with van der Waals surface area (Å²) in [5, 5.41) is 2.96. The Labute approximate surface area is 130 Å². The Morgan fingerprint density at radius 2 is 1.57 bits per heavy atom.